The van der Waals surface area contributed by atoms with Gasteiger partial charge in [-0.1, -0.05) is 30.2 Å². The van der Waals surface area contributed by atoms with Crippen molar-refractivity contribution in [2.45, 2.75) is 42.3 Å². The Hall–Kier alpha value is -3.43. The van der Waals surface area contributed by atoms with Crippen molar-refractivity contribution in [3.05, 3.63) is 47.7 Å². The Morgan fingerprint density at radius 3 is 2.26 bits per heavy atom. The van der Waals surface area contributed by atoms with Crippen molar-refractivity contribution in [2.24, 2.45) is 14.1 Å². The summed E-state index contributed by atoms with van der Waals surface area (Å²) in [7, 11) is 3.24. The number of benzene rings is 1. The SMILES string of the molecule is C#CC1(c2ccc(-c3nc(-c4nc5cc(C(F)(F)C(F)(F)F)cnc5n4C)c([S+]([O-])CC)n3C)cc2)CC1. The largest absolute Gasteiger partial charge is 0.610 e. The number of imidazole rings is 2. The van der Waals surface area contributed by atoms with Crippen molar-refractivity contribution in [1.29, 1.82) is 0 Å². The second-order valence-corrected chi connectivity index (χ2v) is 10.9. The predicted octanol–water partition coefficient (Wildman–Crippen LogP) is 5.48. The number of nitrogens with zero attached hydrogens (tertiary/aromatic N) is 5. The number of alkyl halides is 5. The van der Waals surface area contributed by atoms with Gasteiger partial charge in [-0.2, -0.15) is 22.0 Å². The molecule has 198 valence electrons. The van der Waals surface area contributed by atoms with E-state index in [4.69, 9.17) is 11.4 Å². The van der Waals surface area contributed by atoms with Gasteiger partial charge in [-0.15, -0.1) is 6.42 Å². The fraction of sp³-hybridized carbons (Fsp3) is 0.346. The van der Waals surface area contributed by atoms with Gasteiger partial charge in [0.05, 0.1) is 11.0 Å². The van der Waals surface area contributed by atoms with Crippen molar-refractivity contribution in [3.63, 3.8) is 0 Å². The highest BCUT2D eigenvalue weighted by Crippen LogP contribution is 2.48. The standard InChI is InChI=1S/C26H22F5N5OS/c1-5-24(11-12-24)16-9-7-15(8-10-16)20-34-19(23(36(20)4)38(37)6-2)22-33-18-13-17(14-32-21(18)35(22)3)25(27,28)26(29,30)31/h1,7-10,13-14H,6,11-12H2,2-4H3. The van der Waals surface area contributed by atoms with Crippen molar-refractivity contribution >= 4 is 22.3 Å². The van der Waals surface area contributed by atoms with Crippen LogP contribution >= 0.6 is 0 Å². The molecule has 1 aromatic carbocycles. The Labute approximate surface area is 218 Å². The Kier molecular flexibility index (Phi) is 6.07. The van der Waals surface area contributed by atoms with Crippen LogP contribution in [0.1, 0.15) is 30.9 Å². The van der Waals surface area contributed by atoms with E-state index < -0.39 is 28.8 Å². The second kappa shape index (κ2) is 8.81. The molecule has 0 spiro atoms. The molecule has 38 heavy (non-hydrogen) atoms. The number of terminal acetylenes is 1. The highest BCUT2D eigenvalue weighted by atomic mass is 32.2. The van der Waals surface area contributed by atoms with Crippen LogP contribution in [0.2, 0.25) is 0 Å². The highest BCUT2D eigenvalue weighted by Gasteiger charge is 2.59. The molecule has 0 bridgehead atoms. The van der Waals surface area contributed by atoms with Gasteiger partial charge < -0.3 is 9.12 Å². The number of fused-ring (bicyclic) bond motifs is 1. The van der Waals surface area contributed by atoms with Gasteiger partial charge in [0.2, 0.25) is 0 Å². The molecule has 0 saturated heterocycles. The first-order chi connectivity index (χ1) is 17.8. The van der Waals surface area contributed by atoms with Gasteiger partial charge in [0.15, 0.2) is 17.2 Å². The molecular weight excluding hydrogens is 525 g/mol. The number of pyridine rings is 1. The molecule has 0 N–H and O–H groups in total. The number of rotatable bonds is 6. The summed E-state index contributed by atoms with van der Waals surface area (Å²) in [6.45, 7) is 1.73. The molecule has 1 atom stereocenters. The molecule has 1 aliphatic rings. The van der Waals surface area contributed by atoms with E-state index in [1.54, 1.807) is 18.5 Å². The molecule has 0 aliphatic heterocycles. The molecule has 1 aliphatic carbocycles. The molecule has 0 radical (unpaired) electrons. The zero-order valence-corrected chi connectivity index (χ0v) is 21.4. The van der Waals surface area contributed by atoms with E-state index >= 15 is 0 Å². The van der Waals surface area contributed by atoms with E-state index in [9.17, 15) is 26.5 Å². The minimum atomic E-state index is -5.78. The summed E-state index contributed by atoms with van der Waals surface area (Å²) in [5, 5.41) is 0.341. The van der Waals surface area contributed by atoms with E-state index in [1.165, 1.54) is 11.6 Å². The van der Waals surface area contributed by atoms with Crippen molar-refractivity contribution in [3.8, 4) is 35.2 Å². The third-order valence-corrected chi connectivity index (χ3v) is 8.30. The molecule has 5 rings (SSSR count). The smallest absolute Gasteiger partial charge is 0.458 e. The normalized spacial score (nSPS) is 16.0. The average Bonchev–Trinajstić information content (AvgIpc) is 3.53. The number of aryl methyl sites for hydroxylation is 1. The summed E-state index contributed by atoms with van der Waals surface area (Å²) in [5.74, 6) is -1.36. The van der Waals surface area contributed by atoms with Crippen LogP contribution in [0.4, 0.5) is 22.0 Å². The number of aromatic nitrogens is 5. The van der Waals surface area contributed by atoms with Crippen molar-refractivity contribution in [2.75, 3.05) is 5.75 Å². The zero-order chi connectivity index (χ0) is 27.6. The van der Waals surface area contributed by atoms with Crippen LogP contribution in [0.5, 0.6) is 0 Å². The van der Waals surface area contributed by atoms with Crippen LogP contribution in [0.15, 0.2) is 41.6 Å². The van der Waals surface area contributed by atoms with Crippen LogP contribution in [0.3, 0.4) is 0 Å². The topological polar surface area (TPSA) is 71.6 Å². The summed E-state index contributed by atoms with van der Waals surface area (Å²) < 4.78 is 82.8. The molecule has 0 amide bonds. The van der Waals surface area contributed by atoms with Gasteiger partial charge in [0, 0.05) is 37.0 Å². The predicted molar refractivity (Wildman–Crippen MR) is 133 cm³/mol. The Morgan fingerprint density at radius 1 is 1.05 bits per heavy atom. The maximum atomic E-state index is 13.9. The van der Waals surface area contributed by atoms with Crippen LogP contribution in [0, 0.1) is 12.3 Å². The first-order valence-electron chi connectivity index (χ1n) is 11.7. The maximum absolute atomic E-state index is 13.9. The van der Waals surface area contributed by atoms with E-state index in [1.807, 2.05) is 24.3 Å². The minimum absolute atomic E-state index is 0.0792. The number of hydrogen-bond acceptors (Lipinski definition) is 4. The summed E-state index contributed by atoms with van der Waals surface area (Å²) in [6.07, 6.45) is 2.25. The van der Waals surface area contributed by atoms with Gasteiger partial charge in [0.25, 0.3) is 5.03 Å². The van der Waals surface area contributed by atoms with E-state index in [2.05, 4.69) is 15.9 Å². The molecule has 1 saturated carbocycles. The lowest BCUT2D eigenvalue weighted by atomic mass is 9.96. The summed E-state index contributed by atoms with van der Waals surface area (Å²) in [4.78, 5) is 12.8. The fourth-order valence-corrected chi connectivity index (χ4v) is 5.51. The van der Waals surface area contributed by atoms with E-state index in [0.29, 0.717) is 23.1 Å². The van der Waals surface area contributed by atoms with Crippen LogP contribution < -0.4 is 0 Å². The van der Waals surface area contributed by atoms with E-state index in [0.717, 1.165) is 24.0 Å². The lowest BCUT2D eigenvalue weighted by molar-refractivity contribution is -0.289. The molecule has 4 aromatic rings. The zero-order valence-electron chi connectivity index (χ0n) is 20.6. The molecule has 3 aromatic heterocycles. The van der Waals surface area contributed by atoms with Crippen molar-refractivity contribution < 1.29 is 26.5 Å². The minimum Gasteiger partial charge on any atom is -0.610 e. The third kappa shape index (κ3) is 3.96. The lowest BCUT2D eigenvalue weighted by Gasteiger charge is -2.19. The Morgan fingerprint density at radius 2 is 1.71 bits per heavy atom. The highest BCUT2D eigenvalue weighted by molar-refractivity contribution is 7.91. The van der Waals surface area contributed by atoms with Crippen molar-refractivity contribution in [1.82, 2.24) is 24.1 Å². The maximum Gasteiger partial charge on any atom is 0.458 e. The number of hydrogen-bond donors (Lipinski definition) is 0. The van der Waals surface area contributed by atoms with E-state index in [-0.39, 0.29) is 33.9 Å². The van der Waals surface area contributed by atoms with Gasteiger partial charge in [-0.3, -0.25) is 4.57 Å². The van der Waals surface area contributed by atoms with Gasteiger partial charge >= 0.3 is 12.1 Å². The molecule has 6 nitrogen and oxygen atoms in total. The monoisotopic (exact) mass is 547 g/mol. The molecule has 3 heterocycles. The third-order valence-electron chi connectivity index (χ3n) is 6.88. The van der Waals surface area contributed by atoms with Gasteiger partial charge in [-0.25, -0.2) is 15.0 Å². The van der Waals surface area contributed by atoms with Crippen LogP contribution in [0.25, 0.3) is 34.1 Å². The van der Waals surface area contributed by atoms with Gasteiger partial charge in [-0.05, 0) is 31.4 Å². The molecule has 1 fully saturated rings. The first kappa shape index (κ1) is 26.2. The van der Waals surface area contributed by atoms with Crippen LogP contribution in [-0.4, -0.2) is 40.6 Å². The summed E-state index contributed by atoms with van der Waals surface area (Å²) in [6, 6.07) is 8.29. The molecular formula is C26H22F5N5OS. The Bertz CT molecular complexity index is 1580. The molecule has 1 unspecified atom stereocenters. The first-order valence-corrected chi connectivity index (χ1v) is 13.0. The average molecular weight is 548 g/mol. The Balaban J connectivity index is 1.63. The van der Waals surface area contributed by atoms with Crippen LogP contribution in [-0.2, 0) is 36.6 Å². The fourth-order valence-electron chi connectivity index (χ4n) is 4.49. The lowest BCUT2D eigenvalue weighted by Crippen LogP contribution is -2.33. The summed E-state index contributed by atoms with van der Waals surface area (Å²) in [5.41, 5.74) is 0.341. The summed E-state index contributed by atoms with van der Waals surface area (Å²) >= 11 is -1.51. The quantitative estimate of drug-likeness (QED) is 0.182. The van der Waals surface area contributed by atoms with Gasteiger partial charge in [0.1, 0.15) is 17.1 Å². The second-order valence-electron chi connectivity index (χ2n) is 9.22. The molecule has 12 heteroatoms. The number of halogens is 5.